The summed E-state index contributed by atoms with van der Waals surface area (Å²) in [6, 6.07) is 10.6. The molecule has 1 aromatic heterocycles. The number of piperidine rings is 1. The number of aryl methyl sites for hydroxylation is 1. The molecular weight excluding hydrogens is 497 g/mol. The lowest BCUT2D eigenvalue weighted by Gasteiger charge is -2.31. The largest absolute Gasteiger partial charge is 0.490 e. The first kappa shape index (κ1) is 30.6. The Hall–Kier alpha value is -1.60. The van der Waals surface area contributed by atoms with Gasteiger partial charge in [0.05, 0.1) is 18.4 Å². The lowest BCUT2D eigenvalue weighted by Crippen LogP contribution is -2.39. The van der Waals surface area contributed by atoms with E-state index in [1.54, 1.807) is 7.11 Å². The van der Waals surface area contributed by atoms with Crippen LogP contribution in [-0.4, -0.2) is 60.7 Å². The Kier molecular flexibility index (Phi) is 13.9. The molecule has 0 bridgehead atoms. The van der Waals surface area contributed by atoms with E-state index in [4.69, 9.17) is 14.2 Å². The van der Waals surface area contributed by atoms with Crippen LogP contribution in [0.2, 0.25) is 0 Å². The minimum absolute atomic E-state index is 0. The van der Waals surface area contributed by atoms with Gasteiger partial charge in [0.25, 0.3) is 0 Å². The minimum Gasteiger partial charge on any atom is -0.490 e. The predicted octanol–water partition coefficient (Wildman–Crippen LogP) is 6.53. The molecule has 1 aliphatic carbocycles. The number of ether oxygens (including phenoxy) is 3. The van der Waals surface area contributed by atoms with Crippen LogP contribution in [0.4, 0.5) is 0 Å². The summed E-state index contributed by atoms with van der Waals surface area (Å²) in [5.41, 5.74) is 3.32. The number of methoxy groups -OCH3 is 1. The van der Waals surface area contributed by atoms with Gasteiger partial charge in [0, 0.05) is 38.4 Å². The molecule has 4 rings (SSSR count). The Morgan fingerprint density at radius 3 is 2.25 bits per heavy atom. The van der Waals surface area contributed by atoms with Crippen LogP contribution in [0, 0.1) is 0 Å². The van der Waals surface area contributed by atoms with Gasteiger partial charge < -0.3 is 19.1 Å². The number of likely N-dealkylation sites (tertiary alicyclic amines) is 1. The predicted molar refractivity (Wildman–Crippen MR) is 150 cm³/mol. The Bertz CT molecular complexity index is 871. The van der Waals surface area contributed by atoms with Crippen molar-refractivity contribution in [1.29, 1.82) is 0 Å². The molecule has 1 saturated heterocycles. The van der Waals surface area contributed by atoms with Crippen molar-refractivity contribution in [3.8, 4) is 22.8 Å². The lowest BCUT2D eigenvalue weighted by molar-refractivity contribution is 0.0767. The highest BCUT2D eigenvalue weighted by molar-refractivity contribution is 5.85. The first-order valence-corrected chi connectivity index (χ1v) is 13.3. The fraction of sp³-hybridized carbons (Fsp3) is 0.643. The third-order valence-electron chi connectivity index (χ3n) is 7.07. The Balaban J connectivity index is 0.00000228. The molecule has 2 heterocycles. The first-order chi connectivity index (χ1) is 16.7. The topological polar surface area (TPSA) is 56.7 Å². The van der Waals surface area contributed by atoms with Crippen LogP contribution in [0.3, 0.4) is 0 Å². The number of hydrogen-bond acceptors (Lipinski definition) is 6. The molecule has 0 radical (unpaired) electrons. The van der Waals surface area contributed by atoms with Gasteiger partial charge in [0.1, 0.15) is 11.9 Å². The van der Waals surface area contributed by atoms with Gasteiger partial charge in [-0.15, -0.1) is 29.9 Å². The molecule has 0 spiro atoms. The summed E-state index contributed by atoms with van der Waals surface area (Å²) in [5.74, 6) is 1.60. The number of unbranched alkanes of at least 4 members (excludes halogenated alkanes) is 1. The van der Waals surface area contributed by atoms with Gasteiger partial charge in [-0.25, -0.2) is 0 Å². The number of halogens is 2. The molecule has 1 aromatic carbocycles. The summed E-state index contributed by atoms with van der Waals surface area (Å²) in [5, 5.41) is 9.04. The number of nitrogens with zero attached hydrogens (tertiary/aromatic N) is 3. The number of hydrogen-bond donors (Lipinski definition) is 0. The van der Waals surface area contributed by atoms with Crippen LogP contribution in [0.5, 0.6) is 11.6 Å². The van der Waals surface area contributed by atoms with Crippen molar-refractivity contribution in [3.05, 3.63) is 36.0 Å². The van der Waals surface area contributed by atoms with E-state index in [0.29, 0.717) is 12.0 Å². The molecule has 36 heavy (non-hydrogen) atoms. The molecule has 0 N–H and O–H groups in total. The van der Waals surface area contributed by atoms with Crippen molar-refractivity contribution in [2.75, 3.05) is 33.4 Å². The summed E-state index contributed by atoms with van der Waals surface area (Å²) in [4.78, 5) is 2.44. The highest BCUT2D eigenvalue weighted by atomic mass is 35.5. The average Bonchev–Trinajstić information content (AvgIpc) is 2.88. The van der Waals surface area contributed by atoms with Gasteiger partial charge in [-0.05, 0) is 69.1 Å². The SMILES string of the molecule is CCCCc1nnc(OC2CCN(CCOC)CC2)cc1-c1ccc(OC2CCCCC2)cc1.Cl.Cl. The second-order valence-electron chi connectivity index (χ2n) is 9.70. The van der Waals surface area contributed by atoms with Gasteiger partial charge >= 0.3 is 0 Å². The van der Waals surface area contributed by atoms with Crippen LogP contribution in [0.1, 0.15) is 70.4 Å². The van der Waals surface area contributed by atoms with Crippen LogP contribution < -0.4 is 9.47 Å². The average molecular weight is 541 g/mol. The second-order valence-corrected chi connectivity index (χ2v) is 9.70. The van der Waals surface area contributed by atoms with Crippen molar-refractivity contribution in [1.82, 2.24) is 15.1 Å². The third-order valence-corrected chi connectivity index (χ3v) is 7.07. The fourth-order valence-electron chi connectivity index (χ4n) is 4.97. The minimum atomic E-state index is 0. The van der Waals surface area contributed by atoms with Crippen molar-refractivity contribution >= 4 is 24.8 Å². The molecule has 1 aliphatic heterocycles. The molecule has 1 saturated carbocycles. The summed E-state index contributed by atoms with van der Waals surface area (Å²) >= 11 is 0. The number of rotatable bonds is 11. The normalized spacial score (nSPS) is 17.2. The quantitative estimate of drug-likeness (QED) is 0.323. The van der Waals surface area contributed by atoms with Crippen molar-refractivity contribution in [2.24, 2.45) is 0 Å². The van der Waals surface area contributed by atoms with E-state index in [1.807, 2.05) is 0 Å². The van der Waals surface area contributed by atoms with Crippen LogP contribution in [0.15, 0.2) is 30.3 Å². The van der Waals surface area contributed by atoms with E-state index in [9.17, 15) is 0 Å². The molecule has 2 aromatic rings. The van der Waals surface area contributed by atoms with Gasteiger partial charge in [0.2, 0.25) is 5.88 Å². The van der Waals surface area contributed by atoms with Crippen LogP contribution >= 0.6 is 24.8 Å². The smallest absolute Gasteiger partial charge is 0.234 e. The number of benzene rings is 1. The van der Waals surface area contributed by atoms with Gasteiger partial charge in [-0.3, -0.25) is 0 Å². The summed E-state index contributed by atoms with van der Waals surface area (Å²) < 4.78 is 17.7. The van der Waals surface area contributed by atoms with E-state index in [2.05, 4.69) is 52.4 Å². The molecule has 202 valence electrons. The third kappa shape index (κ3) is 9.05. The zero-order valence-corrected chi connectivity index (χ0v) is 23.5. The Morgan fingerprint density at radius 1 is 0.889 bits per heavy atom. The Morgan fingerprint density at radius 2 is 1.58 bits per heavy atom. The summed E-state index contributed by atoms with van der Waals surface area (Å²) in [6.45, 7) is 6.04. The molecule has 8 heteroatoms. The molecule has 2 aliphatic rings. The van der Waals surface area contributed by atoms with E-state index in [1.165, 1.54) is 32.1 Å². The van der Waals surface area contributed by atoms with E-state index < -0.39 is 0 Å². The van der Waals surface area contributed by atoms with E-state index in [-0.39, 0.29) is 30.9 Å². The highest BCUT2D eigenvalue weighted by Crippen LogP contribution is 2.30. The maximum Gasteiger partial charge on any atom is 0.234 e. The van der Waals surface area contributed by atoms with Gasteiger partial charge in [-0.1, -0.05) is 31.9 Å². The molecule has 6 nitrogen and oxygen atoms in total. The molecule has 2 fully saturated rings. The maximum absolute atomic E-state index is 6.30. The van der Waals surface area contributed by atoms with Crippen molar-refractivity contribution in [2.45, 2.75) is 83.3 Å². The van der Waals surface area contributed by atoms with Crippen LogP contribution in [0.25, 0.3) is 11.1 Å². The highest BCUT2D eigenvalue weighted by Gasteiger charge is 2.22. The molecule has 0 unspecified atom stereocenters. The zero-order chi connectivity index (χ0) is 23.6. The van der Waals surface area contributed by atoms with Gasteiger partial charge in [0.15, 0.2) is 0 Å². The summed E-state index contributed by atoms with van der Waals surface area (Å²) in [6.07, 6.45) is 12.0. The molecular formula is C28H43Cl2N3O3. The molecule has 0 amide bonds. The van der Waals surface area contributed by atoms with Crippen LogP contribution in [-0.2, 0) is 11.2 Å². The first-order valence-electron chi connectivity index (χ1n) is 13.3. The van der Waals surface area contributed by atoms with Gasteiger partial charge in [-0.2, -0.15) is 5.10 Å². The second kappa shape index (κ2) is 16.3. The monoisotopic (exact) mass is 539 g/mol. The van der Waals surface area contributed by atoms with E-state index in [0.717, 1.165) is 80.9 Å². The maximum atomic E-state index is 6.30. The lowest BCUT2D eigenvalue weighted by atomic mass is 9.97. The Labute approximate surface area is 229 Å². The number of aromatic nitrogens is 2. The fourth-order valence-corrected chi connectivity index (χ4v) is 4.97. The van der Waals surface area contributed by atoms with Crippen molar-refractivity contribution in [3.63, 3.8) is 0 Å². The zero-order valence-electron chi connectivity index (χ0n) is 21.8. The molecule has 0 atom stereocenters. The summed E-state index contributed by atoms with van der Waals surface area (Å²) in [7, 11) is 1.76. The van der Waals surface area contributed by atoms with Crippen molar-refractivity contribution < 1.29 is 14.2 Å². The van der Waals surface area contributed by atoms with E-state index >= 15 is 0 Å². The standard InChI is InChI=1S/C28H41N3O3.2ClH/c1-3-4-10-27-26(22-11-13-24(14-12-22)33-23-8-6-5-7-9-23)21-28(30-29-27)34-25-15-17-31(18-16-25)19-20-32-2;;/h11-14,21,23,25H,3-10,15-20H2,1-2H3;2*1H.